The average Bonchev–Trinajstić information content (AvgIpc) is 2.08. The van der Waals surface area contributed by atoms with Crippen molar-refractivity contribution in [2.45, 2.75) is 18.9 Å². The molecule has 1 aliphatic heterocycles. The minimum atomic E-state index is -3.38. The molecular formula is C8H15N3O2S. The van der Waals surface area contributed by atoms with Gasteiger partial charge in [-0.2, -0.15) is 5.26 Å². The maximum atomic E-state index is 11.2. The van der Waals surface area contributed by atoms with E-state index in [9.17, 15) is 8.42 Å². The van der Waals surface area contributed by atoms with Crippen molar-refractivity contribution in [2.24, 2.45) is 0 Å². The standard InChI is InChI=1S/C8H15N3O2S/c1-11-5-2-8(3-6-11)10-14(12,13)7-4-9/h8,10H,2-3,5-7H2,1H3. The van der Waals surface area contributed by atoms with Gasteiger partial charge in [0.05, 0.1) is 6.07 Å². The zero-order valence-corrected chi connectivity index (χ0v) is 9.05. The summed E-state index contributed by atoms with van der Waals surface area (Å²) in [6.07, 6.45) is 1.64. The molecule has 1 fully saturated rings. The summed E-state index contributed by atoms with van der Waals surface area (Å²) in [7, 11) is -1.36. The van der Waals surface area contributed by atoms with Crippen molar-refractivity contribution in [1.82, 2.24) is 9.62 Å². The van der Waals surface area contributed by atoms with Gasteiger partial charge in [-0.15, -0.1) is 0 Å². The third-order valence-electron chi connectivity index (χ3n) is 2.32. The van der Waals surface area contributed by atoms with Gasteiger partial charge in [0, 0.05) is 6.04 Å². The first-order valence-corrected chi connectivity index (χ1v) is 6.24. The summed E-state index contributed by atoms with van der Waals surface area (Å²) in [5, 5.41) is 8.30. The number of piperidine rings is 1. The van der Waals surface area contributed by atoms with Crippen LogP contribution in [-0.4, -0.2) is 45.2 Å². The number of nitriles is 1. The predicted molar refractivity (Wildman–Crippen MR) is 53.1 cm³/mol. The van der Waals surface area contributed by atoms with Crippen LogP contribution in [0.1, 0.15) is 12.8 Å². The molecule has 1 saturated heterocycles. The molecule has 0 unspecified atom stereocenters. The lowest BCUT2D eigenvalue weighted by molar-refractivity contribution is 0.248. The van der Waals surface area contributed by atoms with Gasteiger partial charge in [-0.25, -0.2) is 13.1 Å². The topological polar surface area (TPSA) is 73.2 Å². The second kappa shape index (κ2) is 4.73. The molecule has 0 atom stereocenters. The van der Waals surface area contributed by atoms with Crippen LogP contribution in [0.4, 0.5) is 0 Å². The van der Waals surface area contributed by atoms with Gasteiger partial charge in [0.15, 0.2) is 5.75 Å². The Morgan fingerprint density at radius 1 is 1.50 bits per heavy atom. The Morgan fingerprint density at radius 3 is 2.57 bits per heavy atom. The predicted octanol–water partition coefficient (Wildman–Crippen LogP) is -0.476. The fourth-order valence-electron chi connectivity index (χ4n) is 1.51. The number of likely N-dealkylation sites (tertiary alicyclic amines) is 1. The average molecular weight is 217 g/mol. The monoisotopic (exact) mass is 217 g/mol. The molecule has 5 nitrogen and oxygen atoms in total. The Labute approximate surface area is 84.8 Å². The molecule has 0 spiro atoms. The van der Waals surface area contributed by atoms with E-state index < -0.39 is 15.8 Å². The molecule has 0 aliphatic carbocycles. The SMILES string of the molecule is CN1CCC(NS(=O)(=O)CC#N)CC1. The van der Waals surface area contributed by atoms with Crippen LogP contribution in [-0.2, 0) is 10.0 Å². The van der Waals surface area contributed by atoms with Gasteiger partial charge in [-0.1, -0.05) is 0 Å². The minimum Gasteiger partial charge on any atom is -0.306 e. The van der Waals surface area contributed by atoms with E-state index in [4.69, 9.17) is 5.26 Å². The van der Waals surface area contributed by atoms with E-state index >= 15 is 0 Å². The first-order valence-electron chi connectivity index (χ1n) is 4.59. The van der Waals surface area contributed by atoms with Crippen LogP contribution in [0.15, 0.2) is 0 Å². The van der Waals surface area contributed by atoms with Crippen LogP contribution < -0.4 is 4.72 Å². The number of nitrogens with one attached hydrogen (secondary N) is 1. The quantitative estimate of drug-likeness (QED) is 0.693. The number of hydrogen-bond acceptors (Lipinski definition) is 4. The van der Waals surface area contributed by atoms with Crippen LogP contribution in [0.5, 0.6) is 0 Å². The lowest BCUT2D eigenvalue weighted by atomic mass is 10.1. The first kappa shape index (κ1) is 11.4. The van der Waals surface area contributed by atoms with Crippen molar-refractivity contribution < 1.29 is 8.42 Å². The summed E-state index contributed by atoms with van der Waals surface area (Å²) in [6, 6.07) is 1.65. The molecule has 0 saturated carbocycles. The van der Waals surface area contributed by atoms with Gasteiger partial charge in [0.2, 0.25) is 10.0 Å². The van der Waals surface area contributed by atoms with Crippen LogP contribution in [0, 0.1) is 11.3 Å². The highest BCUT2D eigenvalue weighted by Gasteiger charge is 2.21. The molecule has 80 valence electrons. The molecule has 6 heteroatoms. The second-order valence-corrected chi connectivity index (χ2v) is 5.37. The molecule has 0 radical (unpaired) electrons. The Balaban J connectivity index is 2.42. The van der Waals surface area contributed by atoms with Crippen LogP contribution in [0.3, 0.4) is 0 Å². The summed E-state index contributed by atoms with van der Waals surface area (Å²) in [5.74, 6) is -0.445. The highest BCUT2D eigenvalue weighted by molar-refractivity contribution is 7.89. The Morgan fingerprint density at radius 2 is 2.07 bits per heavy atom. The number of rotatable bonds is 3. The van der Waals surface area contributed by atoms with Crippen molar-refractivity contribution in [3.8, 4) is 6.07 Å². The molecule has 0 bridgehead atoms. The first-order chi connectivity index (χ1) is 6.53. The molecule has 14 heavy (non-hydrogen) atoms. The van der Waals surface area contributed by atoms with Crippen LogP contribution in [0.25, 0.3) is 0 Å². The lowest BCUT2D eigenvalue weighted by Crippen LogP contribution is -2.43. The fourth-order valence-corrected chi connectivity index (χ4v) is 2.50. The molecule has 1 N–H and O–H groups in total. The van der Waals surface area contributed by atoms with Gasteiger partial charge in [-0.3, -0.25) is 0 Å². The van der Waals surface area contributed by atoms with Crippen molar-refractivity contribution in [3.05, 3.63) is 0 Å². The fraction of sp³-hybridized carbons (Fsp3) is 0.875. The summed E-state index contributed by atoms with van der Waals surface area (Å²) < 4.78 is 25.0. The number of nitrogens with zero attached hydrogens (tertiary/aromatic N) is 2. The smallest absolute Gasteiger partial charge is 0.225 e. The summed E-state index contributed by atoms with van der Waals surface area (Å²) in [5.41, 5.74) is 0. The zero-order chi connectivity index (χ0) is 10.6. The van der Waals surface area contributed by atoms with E-state index in [2.05, 4.69) is 9.62 Å². The van der Waals surface area contributed by atoms with E-state index in [0.717, 1.165) is 25.9 Å². The van der Waals surface area contributed by atoms with Gasteiger partial charge < -0.3 is 4.90 Å². The Hall–Kier alpha value is -0.640. The molecule has 0 aromatic rings. The van der Waals surface area contributed by atoms with Gasteiger partial charge >= 0.3 is 0 Å². The van der Waals surface area contributed by atoms with E-state index in [1.54, 1.807) is 6.07 Å². The van der Waals surface area contributed by atoms with E-state index in [-0.39, 0.29) is 6.04 Å². The van der Waals surface area contributed by atoms with Crippen molar-refractivity contribution in [2.75, 3.05) is 25.9 Å². The Bertz CT molecular complexity index is 312. The molecular weight excluding hydrogens is 202 g/mol. The Kier molecular flexibility index (Phi) is 3.86. The lowest BCUT2D eigenvalue weighted by Gasteiger charge is -2.28. The number of sulfonamides is 1. The molecule has 0 aromatic carbocycles. The molecule has 1 heterocycles. The molecule has 1 rings (SSSR count). The molecule has 0 aromatic heterocycles. The number of hydrogen-bond donors (Lipinski definition) is 1. The van der Waals surface area contributed by atoms with Crippen molar-refractivity contribution in [1.29, 1.82) is 5.26 Å². The molecule has 1 aliphatic rings. The third kappa shape index (κ3) is 3.62. The van der Waals surface area contributed by atoms with Crippen molar-refractivity contribution in [3.63, 3.8) is 0 Å². The van der Waals surface area contributed by atoms with Crippen molar-refractivity contribution >= 4 is 10.0 Å². The van der Waals surface area contributed by atoms with Gasteiger partial charge in [0.25, 0.3) is 0 Å². The van der Waals surface area contributed by atoms with Crippen LogP contribution >= 0.6 is 0 Å². The van der Waals surface area contributed by atoms with E-state index in [0.29, 0.717) is 0 Å². The van der Waals surface area contributed by atoms with Crippen LogP contribution in [0.2, 0.25) is 0 Å². The van der Waals surface area contributed by atoms with Gasteiger partial charge in [0.1, 0.15) is 0 Å². The largest absolute Gasteiger partial charge is 0.306 e. The minimum absolute atomic E-state index is 0.00421. The molecule has 0 amide bonds. The normalized spacial score (nSPS) is 20.6. The second-order valence-electron chi connectivity index (χ2n) is 3.61. The summed E-state index contributed by atoms with van der Waals surface area (Å²) in [6.45, 7) is 1.81. The maximum Gasteiger partial charge on any atom is 0.225 e. The maximum absolute atomic E-state index is 11.2. The highest BCUT2D eigenvalue weighted by atomic mass is 32.2. The summed E-state index contributed by atoms with van der Waals surface area (Å²) >= 11 is 0. The van der Waals surface area contributed by atoms with E-state index in [1.807, 2.05) is 7.05 Å². The highest BCUT2D eigenvalue weighted by Crippen LogP contribution is 2.09. The third-order valence-corrected chi connectivity index (χ3v) is 3.52. The zero-order valence-electron chi connectivity index (χ0n) is 8.23. The summed E-state index contributed by atoms with van der Waals surface area (Å²) in [4.78, 5) is 2.16. The van der Waals surface area contributed by atoms with E-state index in [1.165, 1.54) is 0 Å². The van der Waals surface area contributed by atoms with Gasteiger partial charge in [-0.05, 0) is 33.0 Å².